The van der Waals surface area contributed by atoms with E-state index in [-0.39, 0.29) is 6.61 Å². The molecular formula is C9H8ClF3O2. The summed E-state index contributed by atoms with van der Waals surface area (Å²) in [6, 6.07) is 6.30. The highest BCUT2D eigenvalue weighted by molar-refractivity contribution is 6.30. The van der Waals surface area contributed by atoms with E-state index in [2.05, 4.69) is 4.74 Å². The third kappa shape index (κ3) is 5.49. The zero-order valence-corrected chi connectivity index (χ0v) is 8.31. The van der Waals surface area contributed by atoms with Crippen LogP contribution in [0.1, 0.15) is 0 Å². The lowest BCUT2D eigenvalue weighted by Crippen LogP contribution is -2.18. The van der Waals surface area contributed by atoms with Crippen molar-refractivity contribution in [3.8, 4) is 5.75 Å². The van der Waals surface area contributed by atoms with Crippen molar-refractivity contribution in [2.45, 2.75) is 6.36 Å². The lowest BCUT2D eigenvalue weighted by molar-refractivity contribution is -0.325. The van der Waals surface area contributed by atoms with Crippen LogP contribution in [0.2, 0.25) is 5.02 Å². The van der Waals surface area contributed by atoms with E-state index in [4.69, 9.17) is 16.3 Å². The fourth-order valence-corrected chi connectivity index (χ4v) is 0.974. The average molecular weight is 241 g/mol. The van der Waals surface area contributed by atoms with Gasteiger partial charge in [0.05, 0.1) is 6.61 Å². The Bertz CT molecular complexity index is 297. The maximum Gasteiger partial charge on any atom is 0.522 e. The van der Waals surface area contributed by atoms with Crippen molar-refractivity contribution in [2.24, 2.45) is 0 Å². The van der Waals surface area contributed by atoms with E-state index in [1.807, 2.05) is 0 Å². The Morgan fingerprint density at radius 2 is 1.67 bits per heavy atom. The van der Waals surface area contributed by atoms with Crippen molar-refractivity contribution >= 4 is 11.6 Å². The first-order valence-corrected chi connectivity index (χ1v) is 4.44. The van der Waals surface area contributed by atoms with Gasteiger partial charge in [0.25, 0.3) is 0 Å². The van der Waals surface area contributed by atoms with Crippen molar-refractivity contribution < 1.29 is 22.6 Å². The number of halogens is 4. The molecule has 0 amide bonds. The van der Waals surface area contributed by atoms with E-state index < -0.39 is 13.0 Å². The summed E-state index contributed by atoms with van der Waals surface area (Å²) in [6.45, 7) is -0.701. The molecule has 15 heavy (non-hydrogen) atoms. The molecular weight excluding hydrogens is 233 g/mol. The molecule has 0 radical (unpaired) electrons. The van der Waals surface area contributed by atoms with Crippen molar-refractivity contribution in [2.75, 3.05) is 13.2 Å². The summed E-state index contributed by atoms with van der Waals surface area (Å²) in [5.41, 5.74) is 0. The van der Waals surface area contributed by atoms with Crippen LogP contribution in [0.4, 0.5) is 13.2 Å². The Hall–Kier alpha value is -0.940. The lowest BCUT2D eigenvalue weighted by atomic mass is 10.3. The molecule has 1 aromatic carbocycles. The zero-order valence-electron chi connectivity index (χ0n) is 7.55. The molecule has 0 spiro atoms. The molecule has 0 aliphatic carbocycles. The van der Waals surface area contributed by atoms with Gasteiger partial charge in [-0.15, -0.1) is 13.2 Å². The summed E-state index contributed by atoms with van der Waals surface area (Å²) >= 11 is 5.60. The van der Waals surface area contributed by atoms with Gasteiger partial charge in [0, 0.05) is 5.02 Å². The van der Waals surface area contributed by atoms with Crippen molar-refractivity contribution in [3.05, 3.63) is 29.3 Å². The second kappa shape index (κ2) is 5.23. The second-order valence-corrected chi connectivity index (χ2v) is 3.03. The van der Waals surface area contributed by atoms with Gasteiger partial charge in [-0.1, -0.05) is 11.6 Å². The molecule has 0 saturated heterocycles. The topological polar surface area (TPSA) is 18.5 Å². The smallest absolute Gasteiger partial charge is 0.491 e. The first-order chi connectivity index (χ1) is 6.97. The van der Waals surface area contributed by atoms with Crippen LogP contribution in [0.5, 0.6) is 5.75 Å². The van der Waals surface area contributed by atoms with Crippen LogP contribution in [0.3, 0.4) is 0 Å². The van der Waals surface area contributed by atoms with E-state index in [9.17, 15) is 13.2 Å². The summed E-state index contributed by atoms with van der Waals surface area (Å²) in [5.74, 6) is 0.449. The maximum atomic E-state index is 11.5. The molecule has 0 aromatic heterocycles. The van der Waals surface area contributed by atoms with E-state index in [0.717, 1.165) is 0 Å². The Labute approximate surface area is 89.6 Å². The molecule has 0 heterocycles. The fraction of sp³-hybridized carbons (Fsp3) is 0.333. The predicted octanol–water partition coefficient (Wildman–Crippen LogP) is 3.26. The van der Waals surface area contributed by atoms with Gasteiger partial charge in [0.15, 0.2) is 0 Å². The van der Waals surface area contributed by atoms with E-state index in [1.54, 1.807) is 24.3 Å². The molecule has 0 saturated carbocycles. The minimum absolute atomic E-state index is 0.166. The van der Waals surface area contributed by atoms with E-state index >= 15 is 0 Å². The van der Waals surface area contributed by atoms with E-state index in [1.165, 1.54) is 0 Å². The number of rotatable bonds is 4. The molecule has 0 aliphatic heterocycles. The Morgan fingerprint density at radius 1 is 1.07 bits per heavy atom. The predicted molar refractivity (Wildman–Crippen MR) is 49.0 cm³/mol. The Balaban J connectivity index is 2.23. The summed E-state index contributed by atoms with van der Waals surface area (Å²) in [5, 5.41) is 0.536. The number of hydrogen-bond acceptors (Lipinski definition) is 2. The summed E-state index contributed by atoms with van der Waals surface area (Å²) in [7, 11) is 0. The molecule has 0 N–H and O–H groups in total. The van der Waals surface area contributed by atoms with Crippen molar-refractivity contribution in [1.29, 1.82) is 0 Å². The molecule has 2 nitrogen and oxygen atoms in total. The average Bonchev–Trinajstić information content (AvgIpc) is 2.14. The number of benzene rings is 1. The largest absolute Gasteiger partial charge is 0.522 e. The third-order valence-electron chi connectivity index (χ3n) is 1.43. The minimum atomic E-state index is -4.61. The van der Waals surface area contributed by atoms with Crippen LogP contribution in [0, 0.1) is 0 Å². The molecule has 0 fully saturated rings. The zero-order chi connectivity index (χ0) is 11.3. The van der Waals surface area contributed by atoms with Gasteiger partial charge in [-0.05, 0) is 24.3 Å². The summed E-state index contributed by atoms with van der Waals surface area (Å²) < 4.78 is 43.1. The third-order valence-corrected chi connectivity index (χ3v) is 1.68. The molecule has 84 valence electrons. The highest BCUT2D eigenvalue weighted by Crippen LogP contribution is 2.17. The van der Waals surface area contributed by atoms with Gasteiger partial charge in [-0.3, -0.25) is 4.74 Å². The molecule has 1 aromatic rings. The van der Waals surface area contributed by atoms with Gasteiger partial charge < -0.3 is 4.74 Å². The van der Waals surface area contributed by atoms with Gasteiger partial charge in [0.2, 0.25) is 0 Å². The molecule has 0 atom stereocenters. The van der Waals surface area contributed by atoms with Gasteiger partial charge in [0.1, 0.15) is 12.4 Å². The first kappa shape index (κ1) is 12.1. The van der Waals surface area contributed by atoms with E-state index in [0.29, 0.717) is 10.8 Å². The van der Waals surface area contributed by atoms with Crippen LogP contribution in [0.15, 0.2) is 24.3 Å². The molecule has 1 rings (SSSR count). The lowest BCUT2D eigenvalue weighted by Gasteiger charge is -2.08. The monoisotopic (exact) mass is 240 g/mol. The van der Waals surface area contributed by atoms with Crippen molar-refractivity contribution in [3.63, 3.8) is 0 Å². The standard InChI is InChI=1S/C9H8ClF3O2/c10-7-1-3-8(4-2-7)14-5-6-15-9(11,12)13/h1-4H,5-6H2. The number of hydrogen-bond donors (Lipinski definition) is 0. The minimum Gasteiger partial charge on any atom is -0.491 e. The molecule has 0 bridgehead atoms. The molecule has 0 unspecified atom stereocenters. The normalized spacial score (nSPS) is 11.5. The summed E-state index contributed by atoms with van der Waals surface area (Å²) in [6.07, 6.45) is -4.61. The fourth-order valence-electron chi connectivity index (χ4n) is 0.848. The first-order valence-electron chi connectivity index (χ1n) is 4.06. The maximum absolute atomic E-state index is 11.5. The second-order valence-electron chi connectivity index (χ2n) is 2.60. The van der Waals surface area contributed by atoms with Gasteiger partial charge in [-0.25, -0.2) is 0 Å². The van der Waals surface area contributed by atoms with Crippen LogP contribution < -0.4 is 4.74 Å². The SMILES string of the molecule is FC(F)(F)OCCOc1ccc(Cl)cc1. The van der Waals surface area contributed by atoms with Gasteiger partial charge in [-0.2, -0.15) is 0 Å². The summed E-state index contributed by atoms with van der Waals surface area (Å²) in [4.78, 5) is 0. The quantitative estimate of drug-likeness (QED) is 0.752. The molecule has 6 heteroatoms. The Kier molecular flexibility index (Phi) is 4.23. The number of ether oxygens (including phenoxy) is 2. The van der Waals surface area contributed by atoms with Crippen LogP contribution in [-0.4, -0.2) is 19.6 Å². The Morgan fingerprint density at radius 3 is 2.20 bits per heavy atom. The molecule has 0 aliphatic rings. The van der Waals surface area contributed by atoms with Crippen LogP contribution in [-0.2, 0) is 4.74 Å². The van der Waals surface area contributed by atoms with Gasteiger partial charge >= 0.3 is 6.36 Å². The highest BCUT2D eigenvalue weighted by Gasteiger charge is 2.28. The van der Waals surface area contributed by atoms with Crippen molar-refractivity contribution in [1.82, 2.24) is 0 Å². The van der Waals surface area contributed by atoms with Crippen LogP contribution in [0.25, 0.3) is 0 Å². The highest BCUT2D eigenvalue weighted by atomic mass is 35.5. The van der Waals surface area contributed by atoms with Crippen LogP contribution >= 0.6 is 11.6 Å². The number of alkyl halides is 3.